The highest BCUT2D eigenvalue weighted by molar-refractivity contribution is 5.66. The van der Waals surface area contributed by atoms with Crippen LogP contribution in [0.15, 0.2) is 72.9 Å². The summed E-state index contributed by atoms with van der Waals surface area (Å²) in [7, 11) is 0. The summed E-state index contributed by atoms with van der Waals surface area (Å²) in [5.74, 6) is -0.787. The molecule has 144 valence electrons. The molecule has 26 heavy (non-hydrogen) atoms. The van der Waals surface area contributed by atoms with E-state index in [2.05, 4.69) is 6.92 Å². The van der Waals surface area contributed by atoms with Crippen LogP contribution in [-0.2, 0) is 4.79 Å². The van der Waals surface area contributed by atoms with Crippen molar-refractivity contribution in [2.75, 3.05) is 0 Å². The molecule has 0 rings (SSSR count). The minimum Gasteiger partial charge on any atom is -0.481 e. The van der Waals surface area contributed by atoms with Crippen LogP contribution in [0.4, 0.5) is 0 Å². The standard InChI is InChI=1S/C22H32O4/c1-2-3-10-15-20(23)17-12-8-9-13-18-21(24)16-11-6-4-5-7-14-19-22(25)26/h3,5-13,17-18,20-21,23-24H,2,4,14-16,19H2,1H3,(H,25,26)/b7-5-,9-8+,10-3-,11-6-,17-12+,18-13-/t20-,21-/m0/s1. The number of aliphatic carboxylic acids is 1. The first-order valence-electron chi connectivity index (χ1n) is 9.10. The molecule has 0 bridgehead atoms. The number of aliphatic hydroxyl groups excluding tert-OH is 2. The molecule has 0 aliphatic heterocycles. The van der Waals surface area contributed by atoms with Crippen molar-refractivity contribution >= 4 is 5.97 Å². The van der Waals surface area contributed by atoms with Crippen LogP contribution in [0.2, 0.25) is 0 Å². The maximum absolute atomic E-state index is 10.3. The zero-order valence-electron chi connectivity index (χ0n) is 15.6. The minimum atomic E-state index is -0.787. The number of carboxylic acids is 1. The van der Waals surface area contributed by atoms with Crippen LogP contribution in [0.3, 0.4) is 0 Å². The van der Waals surface area contributed by atoms with Crippen LogP contribution < -0.4 is 0 Å². The molecule has 0 aliphatic carbocycles. The Hall–Kier alpha value is -2.17. The molecule has 0 spiro atoms. The van der Waals surface area contributed by atoms with Crippen molar-refractivity contribution < 1.29 is 20.1 Å². The largest absolute Gasteiger partial charge is 0.481 e. The topological polar surface area (TPSA) is 77.8 Å². The molecule has 4 nitrogen and oxygen atoms in total. The Morgan fingerprint density at radius 3 is 1.88 bits per heavy atom. The van der Waals surface area contributed by atoms with Crippen LogP contribution >= 0.6 is 0 Å². The molecular formula is C22H32O4. The highest BCUT2D eigenvalue weighted by Gasteiger charge is 1.94. The van der Waals surface area contributed by atoms with Crippen LogP contribution in [-0.4, -0.2) is 33.5 Å². The molecule has 0 aromatic heterocycles. The zero-order valence-corrected chi connectivity index (χ0v) is 15.6. The Morgan fingerprint density at radius 2 is 1.35 bits per heavy atom. The summed E-state index contributed by atoms with van der Waals surface area (Å²) in [6, 6.07) is 0. The van der Waals surface area contributed by atoms with Gasteiger partial charge in [-0.1, -0.05) is 79.8 Å². The molecule has 3 N–H and O–H groups in total. The second kappa shape index (κ2) is 17.6. The Balaban J connectivity index is 3.87. The number of hydrogen-bond acceptors (Lipinski definition) is 3. The smallest absolute Gasteiger partial charge is 0.303 e. The fourth-order valence-electron chi connectivity index (χ4n) is 1.90. The van der Waals surface area contributed by atoms with Gasteiger partial charge in [0, 0.05) is 6.42 Å². The number of carboxylic acid groups (broad SMARTS) is 1. The van der Waals surface area contributed by atoms with Crippen molar-refractivity contribution in [3.05, 3.63) is 72.9 Å². The van der Waals surface area contributed by atoms with E-state index in [4.69, 9.17) is 5.11 Å². The van der Waals surface area contributed by atoms with Crippen LogP contribution in [0.1, 0.15) is 45.4 Å². The Labute approximate surface area is 157 Å². The number of rotatable bonds is 14. The Bertz CT molecular complexity index is 524. The van der Waals surface area contributed by atoms with E-state index in [-0.39, 0.29) is 6.42 Å². The molecule has 0 heterocycles. The van der Waals surface area contributed by atoms with Gasteiger partial charge in [-0.15, -0.1) is 0 Å². The molecule has 2 atom stereocenters. The third kappa shape index (κ3) is 18.2. The Morgan fingerprint density at radius 1 is 0.808 bits per heavy atom. The van der Waals surface area contributed by atoms with Gasteiger partial charge in [-0.25, -0.2) is 0 Å². The summed E-state index contributed by atoms with van der Waals surface area (Å²) in [6.45, 7) is 2.06. The summed E-state index contributed by atoms with van der Waals surface area (Å²) in [6.07, 6.45) is 24.8. The second-order valence-corrected chi connectivity index (χ2v) is 5.75. The average molecular weight is 360 g/mol. The van der Waals surface area contributed by atoms with Gasteiger partial charge in [0.25, 0.3) is 0 Å². The lowest BCUT2D eigenvalue weighted by Gasteiger charge is -1.99. The minimum absolute atomic E-state index is 0.154. The zero-order chi connectivity index (χ0) is 19.5. The van der Waals surface area contributed by atoms with Crippen molar-refractivity contribution in [2.24, 2.45) is 0 Å². The van der Waals surface area contributed by atoms with Gasteiger partial charge in [0.1, 0.15) is 0 Å². The SMILES string of the molecule is CC/C=C\C[C@H](O)/C=C/C=C/C=C\[C@@H](O)C/C=C\C/C=C\CCC(=O)O. The third-order valence-electron chi connectivity index (χ3n) is 3.29. The number of carbonyl (C=O) groups is 1. The summed E-state index contributed by atoms with van der Waals surface area (Å²) >= 11 is 0. The van der Waals surface area contributed by atoms with Crippen molar-refractivity contribution in [1.82, 2.24) is 0 Å². The summed E-state index contributed by atoms with van der Waals surface area (Å²) in [5, 5.41) is 28.0. The number of allylic oxidation sites excluding steroid dienone is 8. The molecule has 0 fully saturated rings. The first-order valence-corrected chi connectivity index (χ1v) is 9.10. The maximum Gasteiger partial charge on any atom is 0.303 e. The van der Waals surface area contributed by atoms with Gasteiger partial charge in [0.05, 0.1) is 12.2 Å². The Kier molecular flexibility index (Phi) is 16.2. The van der Waals surface area contributed by atoms with Gasteiger partial charge in [-0.3, -0.25) is 4.79 Å². The highest BCUT2D eigenvalue weighted by atomic mass is 16.4. The molecule has 0 aliphatic rings. The van der Waals surface area contributed by atoms with Gasteiger partial charge < -0.3 is 15.3 Å². The number of aliphatic hydroxyl groups is 2. The summed E-state index contributed by atoms with van der Waals surface area (Å²) < 4.78 is 0. The van der Waals surface area contributed by atoms with Gasteiger partial charge in [0.2, 0.25) is 0 Å². The fraction of sp³-hybridized carbons (Fsp3) is 0.409. The molecule has 0 saturated heterocycles. The van der Waals surface area contributed by atoms with Crippen LogP contribution in [0.25, 0.3) is 0 Å². The van der Waals surface area contributed by atoms with E-state index in [1.54, 1.807) is 24.3 Å². The van der Waals surface area contributed by atoms with E-state index in [1.165, 1.54) is 0 Å². The lowest BCUT2D eigenvalue weighted by Crippen LogP contribution is -1.98. The quantitative estimate of drug-likeness (QED) is 0.315. The number of hydrogen-bond donors (Lipinski definition) is 3. The normalized spacial score (nSPS) is 15.5. The van der Waals surface area contributed by atoms with Crippen LogP contribution in [0.5, 0.6) is 0 Å². The molecule has 0 aromatic rings. The highest BCUT2D eigenvalue weighted by Crippen LogP contribution is 2.00. The van der Waals surface area contributed by atoms with E-state index in [0.29, 0.717) is 19.3 Å². The third-order valence-corrected chi connectivity index (χ3v) is 3.29. The summed E-state index contributed by atoms with van der Waals surface area (Å²) in [4.78, 5) is 10.3. The molecule has 0 aromatic carbocycles. The first kappa shape index (κ1) is 23.8. The van der Waals surface area contributed by atoms with Crippen molar-refractivity contribution in [1.29, 1.82) is 0 Å². The van der Waals surface area contributed by atoms with Crippen molar-refractivity contribution in [3.63, 3.8) is 0 Å². The lowest BCUT2D eigenvalue weighted by atomic mass is 10.2. The van der Waals surface area contributed by atoms with E-state index < -0.39 is 18.2 Å². The van der Waals surface area contributed by atoms with E-state index in [9.17, 15) is 15.0 Å². The van der Waals surface area contributed by atoms with Crippen molar-refractivity contribution in [3.8, 4) is 0 Å². The maximum atomic E-state index is 10.3. The molecule has 0 amide bonds. The van der Waals surface area contributed by atoms with Gasteiger partial charge in [-0.05, 0) is 32.1 Å². The molecule has 4 heteroatoms. The molecule has 0 radical (unpaired) electrons. The van der Waals surface area contributed by atoms with Gasteiger partial charge in [-0.2, -0.15) is 0 Å². The average Bonchev–Trinajstić information content (AvgIpc) is 2.60. The predicted octanol–water partition coefficient (Wildman–Crippen LogP) is 4.49. The van der Waals surface area contributed by atoms with Gasteiger partial charge >= 0.3 is 5.97 Å². The van der Waals surface area contributed by atoms with Gasteiger partial charge in [0.15, 0.2) is 0 Å². The van der Waals surface area contributed by atoms with E-state index in [1.807, 2.05) is 48.6 Å². The van der Waals surface area contributed by atoms with Crippen molar-refractivity contribution in [2.45, 2.75) is 57.7 Å². The fourth-order valence-corrected chi connectivity index (χ4v) is 1.90. The van der Waals surface area contributed by atoms with E-state index in [0.717, 1.165) is 12.8 Å². The monoisotopic (exact) mass is 360 g/mol. The van der Waals surface area contributed by atoms with Crippen LogP contribution in [0, 0.1) is 0 Å². The summed E-state index contributed by atoms with van der Waals surface area (Å²) in [5.41, 5.74) is 0. The van der Waals surface area contributed by atoms with E-state index >= 15 is 0 Å². The molecule has 0 saturated carbocycles. The predicted molar refractivity (Wildman–Crippen MR) is 108 cm³/mol. The molecule has 0 unspecified atom stereocenters. The molecular weight excluding hydrogens is 328 g/mol. The lowest BCUT2D eigenvalue weighted by molar-refractivity contribution is -0.136. The second-order valence-electron chi connectivity index (χ2n) is 5.75. The first-order chi connectivity index (χ1) is 12.6.